The molecule has 1 aromatic rings. The summed E-state index contributed by atoms with van der Waals surface area (Å²) in [5.74, 6) is -0.724. The molecule has 10 heteroatoms. The molecule has 1 heterocycles. The highest BCUT2D eigenvalue weighted by molar-refractivity contribution is 6.02. The Balaban J connectivity index is 0.00000338. The number of carbonyl (C=O) groups excluding carboxylic acids is 2. The van der Waals surface area contributed by atoms with Gasteiger partial charge in [0, 0.05) is 32.4 Å². The molecule has 2 rings (SSSR count). The Hall–Kier alpha value is -1.58. The molecule has 0 aliphatic carbocycles. The number of ether oxygens (including phenoxy) is 3. The fourth-order valence-electron chi connectivity index (χ4n) is 2.51. The number of hydrogen-bond acceptors (Lipinski definition) is 7. The average Bonchev–Trinajstić information content (AvgIpc) is 2.65. The van der Waals surface area contributed by atoms with Gasteiger partial charge in [0.25, 0.3) is 0 Å². The van der Waals surface area contributed by atoms with Gasteiger partial charge in [-0.05, 0) is 18.2 Å². The molecule has 8 nitrogen and oxygen atoms in total. The van der Waals surface area contributed by atoms with Crippen molar-refractivity contribution in [3.63, 3.8) is 0 Å². The third-order valence-corrected chi connectivity index (χ3v) is 3.83. The van der Waals surface area contributed by atoms with Crippen molar-refractivity contribution in [1.29, 1.82) is 0 Å². The van der Waals surface area contributed by atoms with Gasteiger partial charge in [-0.25, -0.2) is 4.79 Å². The predicted octanol–water partition coefficient (Wildman–Crippen LogP) is 1.33. The Morgan fingerprint density at radius 1 is 1.19 bits per heavy atom. The number of halogens is 2. The molecular weight excluding hydrogens is 397 g/mol. The highest BCUT2D eigenvalue weighted by Gasteiger charge is 2.18. The van der Waals surface area contributed by atoms with Gasteiger partial charge >= 0.3 is 5.97 Å². The standard InChI is InChI=1S/C17H25N3O5.2ClH/c1-23-8-5-18-12-16(21)19-15-4-3-13(11-14(15)17(22)24-2)20-6-9-25-10-7-20;;/h3-4,11,18H,5-10,12H2,1-2H3,(H,19,21);2*1H. The fourth-order valence-corrected chi connectivity index (χ4v) is 2.51. The van der Waals surface area contributed by atoms with E-state index in [-0.39, 0.29) is 37.3 Å². The summed E-state index contributed by atoms with van der Waals surface area (Å²) in [6.07, 6.45) is 0. The number of amides is 1. The zero-order valence-electron chi connectivity index (χ0n) is 15.5. The summed E-state index contributed by atoms with van der Waals surface area (Å²) in [5.41, 5.74) is 1.67. The van der Waals surface area contributed by atoms with Crippen molar-refractivity contribution in [2.24, 2.45) is 0 Å². The van der Waals surface area contributed by atoms with E-state index in [0.717, 1.165) is 18.8 Å². The van der Waals surface area contributed by atoms with Gasteiger partial charge in [0.2, 0.25) is 5.91 Å². The summed E-state index contributed by atoms with van der Waals surface area (Å²) in [4.78, 5) is 26.3. The van der Waals surface area contributed by atoms with Gasteiger partial charge < -0.3 is 29.7 Å². The van der Waals surface area contributed by atoms with Crippen molar-refractivity contribution >= 4 is 48.1 Å². The Morgan fingerprint density at radius 3 is 2.52 bits per heavy atom. The molecule has 2 N–H and O–H groups in total. The van der Waals surface area contributed by atoms with Crippen LogP contribution < -0.4 is 15.5 Å². The zero-order valence-corrected chi connectivity index (χ0v) is 17.1. The van der Waals surface area contributed by atoms with Gasteiger partial charge in [0.15, 0.2) is 0 Å². The van der Waals surface area contributed by atoms with E-state index in [4.69, 9.17) is 14.2 Å². The summed E-state index contributed by atoms with van der Waals surface area (Å²) in [6.45, 7) is 4.05. The molecule has 1 aromatic carbocycles. The molecule has 1 aliphatic rings. The number of nitrogens with one attached hydrogen (secondary N) is 2. The van der Waals surface area contributed by atoms with Crippen LogP contribution in [0.3, 0.4) is 0 Å². The van der Waals surface area contributed by atoms with Crippen molar-refractivity contribution in [3.8, 4) is 0 Å². The van der Waals surface area contributed by atoms with Gasteiger partial charge in [-0.2, -0.15) is 0 Å². The summed E-state index contributed by atoms with van der Waals surface area (Å²) in [5, 5.41) is 5.70. The van der Waals surface area contributed by atoms with Crippen LogP contribution in [0, 0.1) is 0 Å². The first-order valence-electron chi connectivity index (χ1n) is 8.20. The second-order valence-corrected chi connectivity index (χ2v) is 5.54. The molecule has 0 unspecified atom stereocenters. The van der Waals surface area contributed by atoms with Crippen LogP contribution in [0.5, 0.6) is 0 Å². The van der Waals surface area contributed by atoms with Crippen LogP contribution in [0.25, 0.3) is 0 Å². The van der Waals surface area contributed by atoms with Crippen LogP contribution in [0.2, 0.25) is 0 Å². The van der Waals surface area contributed by atoms with Gasteiger partial charge in [-0.15, -0.1) is 24.8 Å². The summed E-state index contributed by atoms with van der Waals surface area (Å²) in [7, 11) is 2.92. The second-order valence-electron chi connectivity index (χ2n) is 5.54. The maximum Gasteiger partial charge on any atom is 0.340 e. The van der Waals surface area contributed by atoms with E-state index in [1.807, 2.05) is 6.07 Å². The summed E-state index contributed by atoms with van der Waals surface area (Å²) < 4.78 is 15.1. The van der Waals surface area contributed by atoms with E-state index in [1.54, 1.807) is 19.2 Å². The molecular formula is C17H27Cl2N3O5. The summed E-state index contributed by atoms with van der Waals surface area (Å²) in [6, 6.07) is 5.35. The van der Waals surface area contributed by atoms with Crippen LogP contribution in [0.15, 0.2) is 18.2 Å². The number of rotatable bonds is 8. The topological polar surface area (TPSA) is 89.1 Å². The lowest BCUT2D eigenvalue weighted by atomic mass is 10.1. The third-order valence-electron chi connectivity index (χ3n) is 3.83. The largest absolute Gasteiger partial charge is 0.465 e. The monoisotopic (exact) mass is 423 g/mol. The normalized spacial score (nSPS) is 13.2. The highest BCUT2D eigenvalue weighted by Crippen LogP contribution is 2.25. The fraction of sp³-hybridized carbons (Fsp3) is 0.529. The number of carbonyl (C=O) groups is 2. The molecule has 0 atom stereocenters. The molecule has 1 aliphatic heterocycles. The van der Waals surface area contributed by atoms with Crippen molar-refractivity contribution in [1.82, 2.24) is 5.32 Å². The van der Waals surface area contributed by atoms with Crippen LogP contribution in [-0.2, 0) is 19.0 Å². The quantitative estimate of drug-likeness (QED) is 0.481. The van der Waals surface area contributed by atoms with Crippen molar-refractivity contribution in [2.75, 3.05) is 70.4 Å². The first-order chi connectivity index (χ1) is 12.2. The smallest absolute Gasteiger partial charge is 0.340 e. The van der Waals surface area contributed by atoms with Gasteiger partial charge in [-0.3, -0.25) is 4.79 Å². The number of morpholine rings is 1. The predicted molar refractivity (Wildman–Crippen MR) is 109 cm³/mol. The minimum absolute atomic E-state index is 0. The molecule has 154 valence electrons. The van der Waals surface area contributed by atoms with Gasteiger partial charge in [0.05, 0.1) is 44.7 Å². The van der Waals surface area contributed by atoms with E-state index in [2.05, 4.69) is 15.5 Å². The lowest BCUT2D eigenvalue weighted by Crippen LogP contribution is -2.36. The third kappa shape index (κ3) is 7.90. The number of anilines is 2. The van der Waals surface area contributed by atoms with E-state index < -0.39 is 5.97 Å². The Morgan fingerprint density at radius 2 is 1.89 bits per heavy atom. The van der Waals surface area contributed by atoms with Crippen LogP contribution in [-0.4, -0.2) is 72.1 Å². The molecule has 0 aromatic heterocycles. The minimum atomic E-state index is -0.488. The van der Waals surface area contributed by atoms with Crippen molar-refractivity contribution in [2.45, 2.75) is 0 Å². The molecule has 27 heavy (non-hydrogen) atoms. The van der Waals surface area contributed by atoms with Crippen LogP contribution in [0.1, 0.15) is 10.4 Å². The van der Waals surface area contributed by atoms with Crippen molar-refractivity contribution in [3.05, 3.63) is 23.8 Å². The SMILES string of the molecule is COCCNCC(=O)Nc1ccc(N2CCOCC2)cc1C(=O)OC.Cl.Cl. The van der Waals surface area contributed by atoms with Crippen LogP contribution >= 0.6 is 24.8 Å². The molecule has 1 fully saturated rings. The number of esters is 1. The Labute approximate surface area is 171 Å². The number of methoxy groups -OCH3 is 2. The number of hydrogen-bond donors (Lipinski definition) is 2. The van der Waals surface area contributed by atoms with Crippen molar-refractivity contribution < 1.29 is 23.8 Å². The Kier molecular flexibility index (Phi) is 12.8. The van der Waals surface area contributed by atoms with Gasteiger partial charge in [-0.1, -0.05) is 0 Å². The lowest BCUT2D eigenvalue weighted by Gasteiger charge is -2.29. The molecule has 0 bridgehead atoms. The minimum Gasteiger partial charge on any atom is -0.465 e. The zero-order chi connectivity index (χ0) is 18.1. The van der Waals surface area contributed by atoms with E-state index in [9.17, 15) is 9.59 Å². The average molecular weight is 424 g/mol. The molecule has 0 radical (unpaired) electrons. The Bertz CT molecular complexity index is 598. The molecule has 0 saturated carbocycles. The molecule has 0 spiro atoms. The second kappa shape index (κ2) is 13.6. The first-order valence-corrected chi connectivity index (χ1v) is 8.20. The van der Waals surface area contributed by atoms with Crippen LogP contribution in [0.4, 0.5) is 11.4 Å². The lowest BCUT2D eigenvalue weighted by molar-refractivity contribution is -0.115. The molecule has 1 amide bonds. The number of nitrogens with zero attached hydrogens (tertiary/aromatic N) is 1. The van der Waals surface area contributed by atoms with E-state index in [1.165, 1.54) is 7.11 Å². The molecule has 1 saturated heterocycles. The first kappa shape index (κ1) is 25.4. The van der Waals surface area contributed by atoms with Gasteiger partial charge in [0.1, 0.15) is 0 Å². The highest BCUT2D eigenvalue weighted by atomic mass is 35.5. The van der Waals surface area contributed by atoms with E-state index >= 15 is 0 Å². The maximum atomic E-state index is 12.1. The maximum absolute atomic E-state index is 12.1. The number of benzene rings is 1. The summed E-state index contributed by atoms with van der Waals surface area (Å²) >= 11 is 0. The van der Waals surface area contributed by atoms with E-state index in [0.29, 0.717) is 37.6 Å².